The Morgan fingerprint density at radius 1 is 1.24 bits per heavy atom. The molecule has 4 nitrogen and oxygen atoms in total. The molecule has 2 rings (SSSR count). The average Bonchev–Trinajstić information content (AvgIpc) is 2.71. The van der Waals surface area contributed by atoms with Gasteiger partial charge in [0.25, 0.3) is 0 Å². The molecule has 0 aliphatic carbocycles. The quantitative estimate of drug-likeness (QED) is 0.818. The predicted molar refractivity (Wildman–Crippen MR) is 88.3 cm³/mol. The van der Waals surface area contributed by atoms with E-state index in [0.29, 0.717) is 19.5 Å². The number of amides is 2. The van der Waals surface area contributed by atoms with E-state index in [9.17, 15) is 9.59 Å². The van der Waals surface area contributed by atoms with Crippen LogP contribution in [0.25, 0.3) is 0 Å². The lowest BCUT2D eigenvalue weighted by molar-refractivity contribution is -0.135. The summed E-state index contributed by atoms with van der Waals surface area (Å²) in [6.07, 6.45) is 1.31. The molecule has 21 heavy (non-hydrogen) atoms. The molecule has 116 valence electrons. The van der Waals surface area contributed by atoms with Crippen LogP contribution in [0.2, 0.25) is 0 Å². The van der Waals surface area contributed by atoms with Crippen LogP contribution in [0.15, 0.2) is 15.9 Å². The van der Waals surface area contributed by atoms with Crippen molar-refractivity contribution in [2.24, 2.45) is 5.92 Å². The van der Waals surface area contributed by atoms with Crippen LogP contribution in [0.4, 0.5) is 0 Å². The first-order valence-electron chi connectivity index (χ1n) is 7.27. The van der Waals surface area contributed by atoms with Gasteiger partial charge >= 0.3 is 0 Å². The van der Waals surface area contributed by atoms with Gasteiger partial charge < -0.3 is 9.80 Å². The van der Waals surface area contributed by atoms with Crippen molar-refractivity contribution in [2.45, 2.75) is 26.7 Å². The SMILES string of the molecule is CC(C)C(=O)N1CCCN(C(=O)Cc2cc(Br)cs2)CC1. The third-order valence-electron chi connectivity index (χ3n) is 3.60. The summed E-state index contributed by atoms with van der Waals surface area (Å²) in [5.74, 6) is 0.366. The Hall–Kier alpha value is -0.880. The summed E-state index contributed by atoms with van der Waals surface area (Å²) in [7, 11) is 0. The number of carbonyl (C=O) groups is 2. The smallest absolute Gasteiger partial charge is 0.227 e. The van der Waals surface area contributed by atoms with Crippen LogP contribution in [-0.4, -0.2) is 47.8 Å². The lowest BCUT2D eigenvalue weighted by Gasteiger charge is -2.23. The van der Waals surface area contributed by atoms with E-state index in [2.05, 4.69) is 15.9 Å². The van der Waals surface area contributed by atoms with Crippen molar-refractivity contribution in [3.05, 3.63) is 20.8 Å². The van der Waals surface area contributed by atoms with Gasteiger partial charge in [-0.2, -0.15) is 0 Å². The van der Waals surface area contributed by atoms with Crippen LogP contribution in [0.5, 0.6) is 0 Å². The first-order chi connectivity index (χ1) is 9.97. The minimum atomic E-state index is 0.0238. The second kappa shape index (κ2) is 7.40. The molecule has 2 heterocycles. The number of nitrogens with zero attached hydrogens (tertiary/aromatic N) is 2. The number of rotatable bonds is 3. The zero-order valence-electron chi connectivity index (χ0n) is 12.5. The summed E-state index contributed by atoms with van der Waals surface area (Å²) in [5, 5.41) is 1.99. The van der Waals surface area contributed by atoms with Gasteiger partial charge in [-0.25, -0.2) is 0 Å². The van der Waals surface area contributed by atoms with Gasteiger partial charge in [0.1, 0.15) is 0 Å². The number of carbonyl (C=O) groups excluding carboxylic acids is 2. The van der Waals surface area contributed by atoms with Crippen molar-refractivity contribution in [1.29, 1.82) is 0 Å². The third kappa shape index (κ3) is 4.54. The highest BCUT2D eigenvalue weighted by molar-refractivity contribution is 9.10. The number of hydrogen-bond donors (Lipinski definition) is 0. The van der Waals surface area contributed by atoms with Gasteiger partial charge in [-0.3, -0.25) is 9.59 Å². The van der Waals surface area contributed by atoms with E-state index in [1.165, 1.54) is 0 Å². The largest absolute Gasteiger partial charge is 0.341 e. The van der Waals surface area contributed by atoms with E-state index in [0.717, 1.165) is 28.9 Å². The fourth-order valence-electron chi connectivity index (χ4n) is 2.46. The predicted octanol–water partition coefficient (Wildman–Crippen LogP) is 2.77. The van der Waals surface area contributed by atoms with Crippen LogP contribution in [-0.2, 0) is 16.0 Å². The molecular formula is C15H21BrN2O2S. The molecule has 6 heteroatoms. The molecule has 2 amide bonds. The molecular weight excluding hydrogens is 352 g/mol. The average molecular weight is 373 g/mol. The highest BCUT2D eigenvalue weighted by atomic mass is 79.9. The van der Waals surface area contributed by atoms with E-state index in [-0.39, 0.29) is 17.7 Å². The number of thiophene rings is 1. The molecule has 0 atom stereocenters. The van der Waals surface area contributed by atoms with Crippen LogP contribution in [0.3, 0.4) is 0 Å². The Morgan fingerprint density at radius 2 is 1.90 bits per heavy atom. The van der Waals surface area contributed by atoms with Crippen LogP contribution < -0.4 is 0 Å². The Bertz CT molecular complexity index is 516. The minimum absolute atomic E-state index is 0.0238. The summed E-state index contributed by atoms with van der Waals surface area (Å²) in [6, 6.07) is 2.00. The van der Waals surface area contributed by atoms with E-state index in [4.69, 9.17) is 0 Å². The Kier molecular flexibility index (Phi) is 5.81. The highest BCUT2D eigenvalue weighted by Gasteiger charge is 2.23. The van der Waals surface area contributed by atoms with Crippen molar-refractivity contribution in [3.63, 3.8) is 0 Å². The molecule has 0 unspecified atom stereocenters. The summed E-state index contributed by atoms with van der Waals surface area (Å²) in [5.41, 5.74) is 0. The number of halogens is 1. The first kappa shape index (κ1) is 16.5. The standard InChI is InChI=1S/C15H21BrN2O2S/c1-11(2)15(20)18-5-3-4-17(6-7-18)14(19)9-13-8-12(16)10-21-13/h8,10-11H,3-7,9H2,1-2H3. The molecule has 1 aromatic heterocycles. The van der Waals surface area contributed by atoms with E-state index in [1.807, 2.05) is 35.1 Å². The summed E-state index contributed by atoms with van der Waals surface area (Å²) in [4.78, 5) is 29.2. The van der Waals surface area contributed by atoms with Gasteiger partial charge in [0.15, 0.2) is 0 Å². The van der Waals surface area contributed by atoms with Gasteiger partial charge in [0, 0.05) is 46.8 Å². The lowest BCUT2D eigenvalue weighted by atomic mass is 10.2. The molecule has 0 spiro atoms. The molecule has 0 bridgehead atoms. The van der Waals surface area contributed by atoms with Gasteiger partial charge in [-0.1, -0.05) is 13.8 Å². The number of hydrogen-bond acceptors (Lipinski definition) is 3. The van der Waals surface area contributed by atoms with Gasteiger partial charge in [0.05, 0.1) is 6.42 Å². The molecule has 1 aromatic rings. The zero-order chi connectivity index (χ0) is 15.4. The molecule has 1 saturated heterocycles. The van der Waals surface area contributed by atoms with E-state index < -0.39 is 0 Å². The first-order valence-corrected chi connectivity index (χ1v) is 8.94. The van der Waals surface area contributed by atoms with Gasteiger partial charge in [0.2, 0.25) is 11.8 Å². The molecule has 1 fully saturated rings. The van der Waals surface area contributed by atoms with Crippen LogP contribution >= 0.6 is 27.3 Å². The summed E-state index contributed by atoms with van der Waals surface area (Å²) in [6.45, 7) is 6.63. The van der Waals surface area contributed by atoms with Crippen molar-refractivity contribution in [3.8, 4) is 0 Å². The second-order valence-electron chi connectivity index (χ2n) is 5.62. The maximum absolute atomic E-state index is 12.4. The van der Waals surface area contributed by atoms with Gasteiger partial charge in [-0.05, 0) is 28.4 Å². The zero-order valence-corrected chi connectivity index (χ0v) is 14.9. The Morgan fingerprint density at radius 3 is 2.52 bits per heavy atom. The fraction of sp³-hybridized carbons (Fsp3) is 0.600. The van der Waals surface area contributed by atoms with Crippen LogP contribution in [0.1, 0.15) is 25.1 Å². The maximum atomic E-state index is 12.4. The van der Waals surface area contributed by atoms with Crippen molar-refractivity contribution in [2.75, 3.05) is 26.2 Å². The molecule has 0 aromatic carbocycles. The molecule has 1 aliphatic heterocycles. The molecule has 0 saturated carbocycles. The Labute approximate surface area is 138 Å². The van der Waals surface area contributed by atoms with E-state index >= 15 is 0 Å². The second-order valence-corrected chi connectivity index (χ2v) is 7.53. The van der Waals surface area contributed by atoms with Gasteiger partial charge in [-0.15, -0.1) is 11.3 Å². The highest BCUT2D eigenvalue weighted by Crippen LogP contribution is 2.21. The van der Waals surface area contributed by atoms with E-state index in [1.54, 1.807) is 11.3 Å². The topological polar surface area (TPSA) is 40.6 Å². The minimum Gasteiger partial charge on any atom is -0.341 e. The van der Waals surface area contributed by atoms with Crippen molar-refractivity contribution in [1.82, 2.24) is 9.80 Å². The fourth-order valence-corrected chi connectivity index (χ4v) is 3.90. The van der Waals surface area contributed by atoms with Crippen LogP contribution in [0, 0.1) is 5.92 Å². The Balaban J connectivity index is 1.90. The van der Waals surface area contributed by atoms with Crippen molar-refractivity contribution >= 4 is 39.1 Å². The van der Waals surface area contributed by atoms with Crippen molar-refractivity contribution < 1.29 is 9.59 Å². The lowest BCUT2D eigenvalue weighted by Crippen LogP contribution is -2.39. The monoisotopic (exact) mass is 372 g/mol. The maximum Gasteiger partial charge on any atom is 0.227 e. The molecule has 1 aliphatic rings. The summed E-state index contributed by atoms with van der Waals surface area (Å²) >= 11 is 5.01. The normalized spacial score (nSPS) is 16.2. The third-order valence-corrected chi connectivity index (χ3v) is 5.30. The molecule has 0 radical (unpaired) electrons. The summed E-state index contributed by atoms with van der Waals surface area (Å²) < 4.78 is 1.03. The molecule has 0 N–H and O–H groups in total.